The molecule has 2 aromatic carbocycles. The molecule has 4 nitrogen and oxygen atoms in total. The van der Waals surface area contributed by atoms with E-state index < -0.39 is 6.09 Å². The Balaban J connectivity index is 2.39. The van der Waals surface area contributed by atoms with E-state index in [2.05, 4.69) is 11.4 Å². The van der Waals surface area contributed by atoms with Gasteiger partial charge in [0, 0.05) is 6.54 Å². The Morgan fingerprint density at radius 2 is 2.06 bits per heavy atom. The van der Waals surface area contributed by atoms with Crippen LogP contribution in [0, 0.1) is 11.3 Å². The van der Waals surface area contributed by atoms with Crippen LogP contribution in [0.15, 0.2) is 36.4 Å². The van der Waals surface area contributed by atoms with E-state index in [1.165, 1.54) is 0 Å². The van der Waals surface area contributed by atoms with Crippen LogP contribution in [-0.2, 0) is 6.42 Å². The Bertz CT molecular complexity index is 629. The first kappa shape index (κ1) is 11.9. The van der Waals surface area contributed by atoms with Gasteiger partial charge in [0.25, 0.3) is 0 Å². The number of hydrogen-bond acceptors (Lipinski definition) is 2. The molecule has 0 heterocycles. The molecule has 0 radical (unpaired) electrons. The first-order valence-electron chi connectivity index (χ1n) is 5.60. The predicted molar refractivity (Wildman–Crippen MR) is 68.4 cm³/mol. The topological polar surface area (TPSA) is 73.1 Å². The van der Waals surface area contributed by atoms with Crippen LogP contribution in [0.3, 0.4) is 0 Å². The van der Waals surface area contributed by atoms with Gasteiger partial charge in [-0.25, -0.2) is 4.79 Å². The van der Waals surface area contributed by atoms with E-state index in [1.54, 1.807) is 6.07 Å². The van der Waals surface area contributed by atoms with Crippen molar-refractivity contribution in [3.8, 4) is 6.07 Å². The lowest BCUT2D eigenvalue weighted by Crippen LogP contribution is -2.23. The largest absolute Gasteiger partial charge is 0.465 e. The molecular weight excluding hydrogens is 228 g/mol. The summed E-state index contributed by atoms with van der Waals surface area (Å²) in [7, 11) is 0. The van der Waals surface area contributed by atoms with Crippen LogP contribution < -0.4 is 5.32 Å². The molecule has 2 N–H and O–H groups in total. The minimum absolute atomic E-state index is 0.304. The van der Waals surface area contributed by atoms with Crippen molar-refractivity contribution >= 4 is 16.9 Å². The number of nitriles is 1. The zero-order valence-electron chi connectivity index (χ0n) is 9.68. The van der Waals surface area contributed by atoms with Gasteiger partial charge in [-0.2, -0.15) is 5.26 Å². The molecule has 0 bridgehead atoms. The number of carbonyl (C=O) groups is 1. The van der Waals surface area contributed by atoms with Crippen molar-refractivity contribution < 1.29 is 9.90 Å². The summed E-state index contributed by atoms with van der Waals surface area (Å²) in [5.41, 5.74) is 1.49. The van der Waals surface area contributed by atoms with Crippen LogP contribution in [-0.4, -0.2) is 17.7 Å². The van der Waals surface area contributed by atoms with Crippen molar-refractivity contribution in [1.82, 2.24) is 5.32 Å². The standard InChI is InChI=1S/C14H12N2O2/c15-9-11-6-5-10-3-1-2-4-12(10)13(11)7-8-16-14(17)18/h1-6,16H,7-8H2,(H,17,18). The van der Waals surface area contributed by atoms with Gasteiger partial charge in [0.1, 0.15) is 0 Å². The van der Waals surface area contributed by atoms with Crippen LogP contribution in [0.5, 0.6) is 0 Å². The highest BCUT2D eigenvalue weighted by molar-refractivity contribution is 5.87. The maximum absolute atomic E-state index is 10.4. The summed E-state index contributed by atoms with van der Waals surface area (Å²) in [4.78, 5) is 10.4. The highest BCUT2D eigenvalue weighted by Gasteiger charge is 2.07. The lowest BCUT2D eigenvalue weighted by molar-refractivity contribution is 0.194. The van der Waals surface area contributed by atoms with Gasteiger partial charge in [0.05, 0.1) is 11.6 Å². The van der Waals surface area contributed by atoms with E-state index in [0.717, 1.165) is 16.3 Å². The fourth-order valence-corrected chi connectivity index (χ4v) is 2.00. The van der Waals surface area contributed by atoms with E-state index in [-0.39, 0.29) is 0 Å². The minimum atomic E-state index is -1.05. The molecule has 1 amide bonds. The second-order valence-corrected chi connectivity index (χ2v) is 3.91. The Hall–Kier alpha value is -2.54. The van der Waals surface area contributed by atoms with Gasteiger partial charge < -0.3 is 10.4 Å². The van der Waals surface area contributed by atoms with Crippen LogP contribution in [0.25, 0.3) is 10.8 Å². The van der Waals surface area contributed by atoms with Gasteiger partial charge in [-0.05, 0) is 28.8 Å². The van der Waals surface area contributed by atoms with Gasteiger partial charge in [-0.3, -0.25) is 0 Å². The van der Waals surface area contributed by atoms with Crippen molar-refractivity contribution in [2.24, 2.45) is 0 Å². The first-order valence-corrected chi connectivity index (χ1v) is 5.60. The molecule has 0 aliphatic heterocycles. The highest BCUT2D eigenvalue weighted by Crippen LogP contribution is 2.22. The summed E-state index contributed by atoms with van der Waals surface area (Å²) in [6, 6.07) is 13.6. The smallest absolute Gasteiger partial charge is 0.404 e. The van der Waals surface area contributed by atoms with E-state index in [0.29, 0.717) is 18.5 Å². The zero-order chi connectivity index (χ0) is 13.0. The van der Waals surface area contributed by atoms with Crippen LogP contribution >= 0.6 is 0 Å². The molecule has 0 spiro atoms. The fraction of sp³-hybridized carbons (Fsp3) is 0.143. The van der Waals surface area contributed by atoms with Crippen molar-refractivity contribution in [1.29, 1.82) is 5.26 Å². The average molecular weight is 240 g/mol. The molecule has 0 fully saturated rings. The molecule has 0 aliphatic rings. The quantitative estimate of drug-likeness (QED) is 0.865. The molecule has 0 atom stereocenters. The highest BCUT2D eigenvalue weighted by atomic mass is 16.4. The van der Waals surface area contributed by atoms with Crippen molar-refractivity contribution in [3.05, 3.63) is 47.5 Å². The third kappa shape index (κ3) is 2.41. The van der Waals surface area contributed by atoms with Gasteiger partial charge >= 0.3 is 6.09 Å². The third-order valence-corrected chi connectivity index (χ3v) is 2.81. The Labute approximate surface area is 104 Å². The molecule has 4 heteroatoms. The summed E-state index contributed by atoms with van der Waals surface area (Å²) in [6.07, 6.45) is -0.537. The van der Waals surface area contributed by atoms with E-state index in [9.17, 15) is 4.79 Å². The second kappa shape index (κ2) is 5.19. The van der Waals surface area contributed by atoms with Gasteiger partial charge in [0.2, 0.25) is 0 Å². The maximum Gasteiger partial charge on any atom is 0.404 e. The molecule has 0 saturated heterocycles. The molecule has 0 saturated carbocycles. The summed E-state index contributed by atoms with van der Waals surface area (Å²) >= 11 is 0. The SMILES string of the molecule is N#Cc1ccc2ccccc2c1CCNC(=O)O. The molecule has 18 heavy (non-hydrogen) atoms. The monoisotopic (exact) mass is 240 g/mol. The Kier molecular flexibility index (Phi) is 3.44. The predicted octanol–water partition coefficient (Wildman–Crippen LogP) is 2.52. The van der Waals surface area contributed by atoms with E-state index in [4.69, 9.17) is 10.4 Å². The molecule has 2 aromatic rings. The van der Waals surface area contributed by atoms with Gasteiger partial charge in [-0.1, -0.05) is 30.3 Å². The van der Waals surface area contributed by atoms with Crippen LogP contribution in [0.4, 0.5) is 4.79 Å². The number of nitrogens with zero attached hydrogens (tertiary/aromatic N) is 1. The number of benzene rings is 2. The maximum atomic E-state index is 10.4. The van der Waals surface area contributed by atoms with Gasteiger partial charge in [-0.15, -0.1) is 0 Å². The van der Waals surface area contributed by atoms with E-state index >= 15 is 0 Å². The third-order valence-electron chi connectivity index (χ3n) is 2.81. The van der Waals surface area contributed by atoms with Gasteiger partial charge in [0.15, 0.2) is 0 Å². The molecule has 90 valence electrons. The van der Waals surface area contributed by atoms with Crippen molar-refractivity contribution in [3.63, 3.8) is 0 Å². The lowest BCUT2D eigenvalue weighted by Gasteiger charge is -2.08. The molecule has 0 aromatic heterocycles. The zero-order valence-corrected chi connectivity index (χ0v) is 9.68. The normalized spacial score (nSPS) is 9.94. The Morgan fingerprint density at radius 3 is 2.78 bits per heavy atom. The van der Waals surface area contributed by atoms with Crippen molar-refractivity contribution in [2.45, 2.75) is 6.42 Å². The summed E-state index contributed by atoms with van der Waals surface area (Å²) in [6.45, 7) is 0.304. The van der Waals surface area contributed by atoms with Crippen LogP contribution in [0.2, 0.25) is 0 Å². The Morgan fingerprint density at radius 1 is 1.28 bits per heavy atom. The number of rotatable bonds is 3. The lowest BCUT2D eigenvalue weighted by atomic mass is 9.97. The minimum Gasteiger partial charge on any atom is -0.465 e. The van der Waals surface area contributed by atoms with Crippen molar-refractivity contribution in [2.75, 3.05) is 6.54 Å². The number of amides is 1. The molecule has 0 unspecified atom stereocenters. The summed E-state index contributed by atoms with van der Waals surface area (Å²) in [5.74, 6) is 0. The molecule has 2 rings (SSSR count). The number of hydrogen-bond donors (Lipinski definition) is 2. The first-order chi connectivity index (χ1) is 8.72. The molecule has 0 aliphatic carbocycles. The number of carboxylic acid groups (broad SMARTS) is 1. The summed E-state index contributed by atoms with van der Waals surface area (Å²) < 4.78 is 0. The number of fused-ring (bicyclic) bond motifs is 1. The average Bonchev–Trinajstić information content (AvgIpc) is 2.38. The number of nitrogens with one attached hydrogen (secondary N) is 1. The fourth-order valence-electron chi connectivity index (χ4n) is 2.00. The van der Waals surface area contributed by atoms with E-state index in [1.807, 2.05) is 30.3 Å². The van der Waals surface area contributed by atoms with Crippen LogP contribution in [0.1, 0.15) is 11.1 Å². The molecular formula is C14H12N2O2. The summed E-state index contributed by atoms with van der Waals surface area (Å²) in [5, 5.41) is 22.0. The second-order valence-electron chi connectivity index (χ2n) is 3.91.